The molecule has 0 saturated carbocycles. The summed E-state index contributed by atoms with van der Waals surface area (Å²) in [7, 11) is 0. The fraction of sp³-hybridized carbons (Fsp3) is 0.150. The average Bonchev–Trinajstić information content (AvgIpc) is 3.20. The Morgan fingerprint density at radius 1 is 1.12 bits per heavy atom. The number of aryl methyl sites for hydroxylation is 1. The SMILES string of the molecule is CCc1cccc(CSc2[nH]c(=O)c(C#N)c(-c3cccs3)c2C#N)c1. The third kappa shape index (κ3) is 3.57. The van der Waals surface area contributed by atoms with Gasteiger partial charge in [-0.25, -0.2) is 0 Å². The number of hydrogen-bond donors (Lipinski definition) is 1. The van der Waals surface area contributed by atoms with E-state index in [9.17, 15) is 15.3 Å². The molecule has 0 spiro atoms. The summed E-state index contributed by atoms with van der Waals surface area (Å²) in [6.45, 7) is 2.10. The molecule has 6 heteroatoms. The average molecular weight is 377 g/mol. The van der Waals surface area contributed by atoms with Gasteiger partial charge >= 0.3 is 0 Å². The van der Waals surface area contributed by atoms with E-state index >= 15 is 0 Å². The highest BCUT2D eigenvalue weighted by atomic mass is 32.2. The van der Waals surface area contributed by atoms with Gasteiger partial charge in [0, 0.05) is 16.2 Å². The van der Waals surface area contributed by atoms with Gasteiger partial charge in [0.1, 0.15) is 17.7 Å². The number of pyridine rings is 1. The molecular weight excluding hydrogens is 362 g/mol. The van der Waals surface area contributed by atoms with Crippen LogP contribution in [0.1, 0.15) is 29.2 Å². The van der Waals surface area contributed by atoms with Crippen LogP contribution in [-0.4, -0.2) is 4.98 Å². The van der Waals surface area contributed by atoms with Crippen LogP contribution in [0.2, 0.25) is 0 Å². The molecule has 0 bridgehead atoms. The summed E-state index contributed by atoms with van der Waals surface area (Å²) >= 11 is 2.81. The quantitative estimate of drug-likeness (QED) is 0.654. The lowest BCUT2D eigenvalue weighted by Gasteiger charge is -2.10. The van der Waals surface area contributed by atoms with Gasteiger partial charge < -0.3 is 4.98 Å². The van der Waals surface area contributed by atoms with Crippen molar-refractivity contribution in [2.45, 2.75) is 24.1 Å². The third-order valence-corrected chi connectivity index (χ3v) is 5.92. The predicted molar refractivity (Wildman–Crippen MR) is 105 cm³/mol. The van der Waals surface area contributed by atoms with Gasteiger partial charge in [0.15, 0.2) is 0 Å². The number of thiophene rings is 1. The van der Waals surface area contributed by atoms with Crippen molar-refractivity contribution in [3.8, 4) is 22.6 Å². The number of benzene rings is 1. The Hall–Kier alpha value is -2.80. The summed E-state index contributed by atoms with van der Waals surface area (Å²) in [5.74, 6) is 0.633. The van der Waals surface area contributed by atoms with Crippen molar-refractivity contribution in [3.05, 3.63) is 74.4 Å². The number of nitrogens with zero attached hydrogens (tertiary/aromatic N) is 2. The highest BCUT2D eigenvalue weighted by Crippen LogP contribution is 2.34. The highest BCUT2D eigenvalue weighted by Gasteiger charge is 2.20. The number of aromatic nitrogens is 1. The predicted octanol–water partition coefficient (Wildman–Crippen LogP) is 4.70. The molecule has 2 aromatic heterocycles. The van der Waals surface area contributed by atoms with E-state index in [0.717, 1.165) is 16.9 Å². The first-order chi connectivity index (χ1) is 12.7. The van der Waals surface area contributed by atoms with Gasteiger partial charge in [-0.2, -0.15) is 10.5 Å². The van der Waals surface area contributed by atoms with Crippen LogP contribution in [0, 0.1) is 22.7 Å². The molecule has 0 unspecified atom stereocenters. The van der Waals surface area contributed by atoms with Crippen LogP contribution in [0.4, 0.5) is 0 Å². The first-order valence-corrected chi connectivity index (χ1v) is 9.89. The van der Waals surface area contributed by atoms with Gasteiger partial charge in [-0.15, -0.1) is 23.1 Å². The van der Waals surface area contributed by atoms with Gasteiger partial charge in [0.25, 0.3) is 5.56 Å². The summed E-state index contributed by atoms with van der Waals surface area (Å²) in [6.07, 6.45) is 0.957. The monoisotopic (exact) mass is 377 g/mol. The molecule has 0 fully saturated rings. The minimum Gasteiger partial charge on any atom is -0.315 e. The van der Waals surface area contributed by atoms with Crippen molar-refractivity contribution < 1.29 is 0 Å². The molecule has 1 aromatic carbocycles. The Labute approximate surface area is 159 Å². The molecule has 0 atom stereocenters. The van der Waals surface area contributed by atoms with E-state index in [4.69, 9.17) is 0 Å². The zero-order valence-electron chi connectivity index (χ0n) is 14.1. The second kappa shape index (κ2) is 8.05. The van der Waals surface area contributed by atoms with Crippen LogP contribution >= 0.6 is 23.1 Å². The van der Waals surface area contributed by atoms with Crippen molar-refractivity contribution in [1.29, 1.82) is 10.5 Å². The Morgan fingerprint density at radius 2 is 1.88 bits per heavy atom. The van der Waals surface area contributed by atoms with Crippen LogP contribution in [0.25, 0.3) is 10.4 Å². The number of thioether (sulfide) groups is 1. The zero-order chi connectivity index (χ0) is 18.5. The Morgan fingerprint density at radius 3 is 2.54 bits per heavy atom. The number of nitriles is 2. The van der Waals surface area contributed by atoms with E-state index in [1.165, 1.54) is 28.7 Å². The molecule has 1 N–H and O–H groups in total. The molecule has 0 amide bonds. The van der Waals surface area contributed by atoms with E-state index in [0.29, 0.717) is 21.9 Å². The lowest BCUT2D eigenvalue weighted by atomic mass is 10.0. The number of hydrogen-bond acceptors (Lipinski definition) is 5. The molecule has 3 rings (SSSR count). The van der Waals surface area contributed by atoms with Crippen LogP contribution < -0.4 is 5.56 Å². The molecule has 0 aliphatic carbocycles. The van der Waals surface area contributed by atoms with Gasteiger partial charge in [-0.1, -0.05) is 37.3 Å². The van der Waals surface area contributed by atoms with Crippen molar-refractivity contribution in [2.24, 2.45) is 0 Å². The second-order valence-corrected chi connectivity index (χ2v) is 7.50. The standard InChI is InChI=1S/C20H15N3OS2/c1-2-13-5-3-6-14(9-13)12-26-20-16(11-22)18(17-7-4-8-25-17)15(10-21)19(24)23-20/h3-9H,2,12H2,1H3,(H,23,24). The number of nitrogens with one attached hydrogen (secondary N) is 1. The summed E-state index contributed by atoms with van der Waals surface area (Å²) in [6, 6.07) is 16.0. The van der Waals surface area contributed by atoms with E-state index in [1.54, 1.807) is 0 Å². The second-order valence-electron chi connectivity index (χ2n) is 5.57. The maximum atomic E-state index is 12.4. The van der Waals surface area contributed by atoms with Crippen LogP contribution in [0.5, 0.6) is 0 Å². The summed E-state index contributed by atoms with van der Waals surface area (Å²) in [5, 5.41) is 21.5. The number of rotatable bonds is 5. The van der Waals surface area contributed by atoms with Crippen molar-refractivity contribution >= 4 is 23.1 Å². The van der Waals surface area contributed by atoms with Gasteiger partial charge in [-0.05, 0) is 29.0 Å². The highest BCUT2D eigenvalue weighted by molar-refractivity contribution is 7.98. The fourth-order valence-corrected chi connectivity index (χ4v) is 4.39. The molecule has 2 heterocycles. The summed E-state index contributed by atoms with van der Waals surface area (Å²) in [5.41, 5.74) is 2.68. The molecule has 128 valence electrons. The van der Waals surface area contributed by atoms with E-state index < -0.39 is 5.56 Å². The van der Waals surface area contributed by atoms with E-state index in [1.807, 2.05) is 35.7 Å². The van der Waals surface area contributed by atoms with Gasteiger partial charge in [0.05, 0.1) is 10.6 Å². The maximum Gasteiger partial charge on any atom is 0.267 e. The zero-order valence-corrected chi connectivity index (χ0v) is 15.7. The van der Waals surface area contributed by atoms with Crippen LogP contribution in [0.15, 0.2) is 51.6 Å². The first-order valence-electron chi connectivity index (χ1n) is 8.02. The lowest BCUT2D eigenvalue weighted by molar-refractivity contribution is 1.05. The Bertz CT molecular complexity index is 1070. The molecule has 0 aliphatic heterocycles. The molecule has 0 radical (unpaired) electrons. The van der Waals surface area contributed by atoms with Crippen LogP contribution in [0.3, 0.4) is 0 Å². The van der Waals surface area contributed by atoms with Gasteiger partial charge in [-0.3, -0.25) is 4.79 Å². The minimum absolute atomic E-state index is 0.0127. The van der Waals surface area contributed by atoms with E-state index in [-0.39, 0.29) is 5.56 Å². The first kappa shape index (κ1) is 18.0. The normalized spacial score (nSPS) is 10.3. The van der Waals surface area contributed by atoms with Crippen molar-refractivity contribution in [3.63, 3.8) is 0 Å². The molecule has 0 aliphatic rings. The van der Waals surface area contributed by atoms with Crippen molar-refractivity contribution in [2.75, 3.05) is 0 Å². The fourth-order valence-electron chi connectivity index (χ4n) is 2.66. The molecule has 4 nitrogen and oxygen atoms in total. The Kier molecular flexibility index (Phi) is 5.58. The summed E-state index contributed by atoms with van der Waals surface area (Å²) in [4.78, 5) is 15.8. The van der Waals surface area contributed by atoms with Crippen molar-refractivity contribution in [1.82, 2.24) is 4.98 Å². The Balaban J connectivity index is 2.04. The minimum atomic E-state index is -0.459. The maximum absolute atomic E-state index is 12.4. The number of H-pyrrole nitrogens is 1. The number of aromatic amines is 1. The topological polar surface area (TPSA) is 80.4 Å². The van der Waals surface area contributed by atoms with Gasteiger partial charge in [0.2, 0.25) is 0 Å². The molecule has 3 aromatic rings. The molecule has 0 saturated heterocycles. The van der Waals surface area contributed by atoms with Crippen LogP contribution in [-0.2, 0) is 12.2 Å². The smallest absolute Gasteiger partial charge is 0.267 e. The molecular formula is C20H15N3OS2. The summed E-state index contributed by atoms with van der Waals surface area (Å²) < 4.78 is 0. The lowest BCUT2D eigenvalue weighted by Crippen LogP contribution is -2.14. The largest absolute Gasteiger partial charge is 0.315 e. The molecule has 26 heavy (non-hydrogen) atoms. The third-order valence-electron chi connectivity index (χ3n) is 3.96. The van der Waals surface area contributed by atoms with E-state index in [2.05, 4.69) is 30.1 Å².